The number of fused-ring (bicyclic) bond motifs is 3. The van der Waals surface area contributed by atoms with Crippen LogP contribution in [0.1, 0.15) is 22.9 Å². The first kappa shape index (κ1) is 16.4. The van der Waals surface area contributed by atoms with Crippen LogP contribution in [0, 0.1) is 5.82 Å². The second-order valence-electron chi connectivity index (χ2n) is 6.37. The maximum absolute atomic E-state index is 13.6. The van der Waals surface area contributed by atoms with Crippen molar-refractivity contribution in [2.24, 2.45) is 10.2 Å². The van der Waals surface area contributed by atoms with E-state index in [0.29, 0.717) is 33.1 Å². The van der Waals surface area contributed by atoms with Gasteiger partial charge in [-0.3, -0.25) is 4.98 Å². The molecule has 1 aliphatic heterocycles. The molecule has 0 saturated heterocycles. The number of aromatic amines is 1. The van der Waals surface area contributed by atoms with Gasteiger partial charge in [-0.15, -0.1) is 16.4 Å². The molecule has 134 valence electrons. The molecular weight excluding hydrogens is 389 g/mol. The Kier molecular flexibility index (Phi) is 3.57. The number of hydrogen-bond donors (Lipinski definition) is 1. The molecule has 0 fully saturated rings. The van der Waals surface area contributed by atoms with Gasteiger partial charge in [-0.1, -0.05) is 11.6 Å². The Morgan fingerprint density at radius 1 is 1.26 bits per heavy atom. The van der Waals surface area contributed by atoms with Gasteiger partial charge in [-0.25, -0.2) is 9.18 Å². The fourth-order valence-corrected chi connectivity index (χ4v) is 4.81. The summed E-state index contributed by atoms with van der Waals surface area (Å²) in [5.74, 6) is -0.829. The summed E-state index contributed by atoms with van der Waals surface area (Å²) in [5, 5.41) is 9.98. The third kappa shape index (κ3) is 2.62. The highest BCUT2D eigenvalue weighted by Crippen LogP contribution is 2.38. The topological polar surface area (TPSA) is 70.7 Å². The summed E-state index contributed by atoms with van der Waals surface area (Å²) in [6.45, 7) is 1.89. The zero-order valence-electron chi connectivity index (χ0n) is 14.0. The van der Waals surface area contributed by atoms with Crippen molar-refractivity contribution >= 4 is 55.5 Å². The van der Waals surface area contributed by atoms with Gasteiger partial charge in [-0.2, -0.15) is 5.10 Å². The molecule has 1 aliphatic rings. The monoisotopic (exact) mass is 399 g/mol. The van der Waals surface area contributed by atoms with E-state index >= 15 is 0 Å². The molecular formula is C19H11ClFN3O2S. The Morgan fingerprint density at radius 2 is 2.11 bits per heavy atom. The largest absolute Gasteiger partial charge is 0.417 e. The van der Waals surface area contributed by atoms with E-state index in [4.69, 9.17) is 16.0 Å². The summed E-state index contributed by atoms with van der Waals surface area (Å²) >= 11 is 7.96. The van der Waals surface area contributed by atoms with Crippen molar-refractivity contribution in [1.82, 2.24) is 4.98 Å². The molecule has 0 saturated carbocycles. The van der Waals surface area contributed by atoms with Gasteiger partial charge in [0.2, 0.25) is 0 Å². The molecule has 8 heteroatoms. The van der Waals surface area contributed by atoms with E-state index in [0.717, 1.165) is 26.9 Å². The van der Waals surface area contributed by atoms with Crippen LogP contribution in [0.15, 0.2) is 49.7 Å². The lowest BCUT2D eigenvalue weighted by Crippen LogP contribution is -2.05. The second kappa shape index (κ2) is 5.87. The zero-order valence-corrected chi connectivity index (χ0v) is 15.5. The Labute approximate surface area is 160 Å². The van der Waals surface area contributed by atoms with Gasteiger partial charge in [-0.05, 0) is 42.8 Å². The molecule has 0 spiro atoms. The normalized spacial score (nSPS) is 14.2. The number of H-pyrrole nitrogens is 1. The van der Waals surface area contributed by atoms with Crippen molar-refractivity contribution in [3.05, 3.63) is 67.7 Å². The predicted octanol–water partition coefficient (Wildman–Crippen LogP) is 4.90. The lowest BCUT2D eigenvalue weighted by Gasteiger charge is -2.08. The molecule has 1 N–H and O–H groups in total. The van der Waals surface area contributed by atoms with Crippen molar-refractivity contribution in [3.63, 3.8) is 0 Å². The fourth-order valence-electron chi connectivity index (χ4n) is 3.27. The van der Waals surface area contributed by atoms with E-state index in [1.54, 1.807) is 12.1 Å². The third-order valence-electron chi connectivity index (χ3n) is 4.47. The van der Waals surface area contributed by atoms with Crippen LogP contribution in [0.2, 0.25) is 5.02 Å². The van der Waals surface area contributed by atoms with Crippen molar-refractivity contribution in [2.75, 3.05) is 0 Å². The minimum atomic E-state index is -0.510. The molecule has 5 rings (SSSR count). The van der Waals surface area contributed by atoms with Gasteiger partial charge < -0.3 is 4.42 Å². The molecule has 0 unspecified atom stereocenters. The molecule has 5 nitrogen and oxygen atoms in total. The first-order valence-electron chi connectivity index (χ1n) is 8.15. The standard InChI is InChI=1S/C19H11ClFN3O2S/c1-8-4-9-5-13-14(26-19(25)22-13)7-12(9)17(24-23-8)18-16(20)11-3-2-10(21)6-15(11)27-18/h2-3,5-7H,4H2,1H3,(H,22,25). The molecule has 0 amide bonds. The van der Waals surface area contributed by atoms with Crippen LogP contribution in [0.3, 0.4) is 0 Å². The molecule has 3 heterocycles. The first-order valence-corrected chi connectivity index (χ1v) is 9.34. The zero-order chi connectivity index (χ0) is 18.7. The summed E-state index contributed by atoms with van der Waals surface area (Å²) in [4.78, 5) is 14.9. The van der Waals surface area contributed by atoms with E-state index < -0.39 is 5.76 Å². The summed E-state index contributed by atoms with van der Waals surface area (Å²) in [6.07, 6.45) is 0.586. The predicted molar refractivity (Wildman–Crippen MR) is 106 cm³/mol. The Bertz CT molecular complexity index is 1360. The van der Waals surface area contributed by atoms with E-state index in [1.807, 2.05) is 13.0 Å². The molecule has 4 aromatic rings. The molecule has 0 radical (unpaired) electrons. The summed E-state index contributed by atoms with van der Waals surface area (Å²) < 4.78 is 19.6. The van der Waals surface area contributed by atoms with Crippen LogP contribution in [0.25, 0.3) is 21.2 Å². The molecule has 0 aliphatic carbocycles. The molecule has 0 bridgehead atoms. The summed E-state index contributed by atoms with van der Waals surface area (Å²) in [6, 6.07) is 8.14. The van der Waals surface area contributed by atoms with Gasteiger partial charge in [0, 0.05) is 27.8 Å². The number of oxazole rings is 1. The SMILES string of the molecule is CC1=NN=C(c2sc3cc(F)ccc3c2Cl)c2cc3oc(=O)[nH]c3cc2C1. The van der Waals surface area contributed by atoms with Crippen LogP contribution in [-0.2, 0) is 6.42 Å². The molecule has 2 aromatic carbocycles. The Balaban J connectivity index is 1.81. The van der Waals surface area contributed by atoms with Crippen molar-refractivity contribution in [2.45, 2.75) is 13.3 Å². The second-order valence-corrected chi connectivity index (χ2v) is 7.80. The minimum absolute atomic E-state index is 0.320. The van der Waals surface area contributed by atoms with Crippen LogP contribution in [-0.4, -0.2) is 16.4 Å². The number of halogens is 2. The van der Waals surface area contributed by atoms with Gasteiger partial charge in [0.05, 0.1) is 15.4 Å². The number of benzene rings is 2. The minimum Gasteiger partial charge on any atom is -0.408 e. The van der Waals surface area contributed by atoms with Crippen LogP contribution >= 0.6 is 22.9 Å². The van der Waals surface area contributed by atoms with Crippen LogP contribution in [0.5, 0.6) is 0 Å². The highest BCUT2D eigenvalue weighted by Gasteiger charge is 2.23. The number of aromatic nitrogens is 1. The van der Waals surface area contributed by atoms with Crippen molar-refractivity contribution in [3.8, 4) is 0 Å². The van der Waals surface area contributed by atoms with E-state index in [-0.39, 0.29) is 5.82 Å². The van der Waals surface area contributed by atoms with Crippen molar-refractivity contribution < 1.29 is 8.81 Å². The highest BCUT2D eigenvalue weighted by molar-refractivity contribution is 7.21. The van der Waals surface area contributed by atoms with Gasteiger partial charge in [0.15, 0.2) is 5.58 Å². The smallest absolute Gasteiger partial charge is 0.408 e. The maximum atomic E-state index is 13.6. The number of hydrogen-bond acceptors (Lipinski definition) is 5. The fraction of sp³-hybridized carbons (Fsp3) is 0.105. The van der Waals surface area contributed by atoms with Gasteiger partial charge >= 0.3 is 5.76 Å². The molecule has 27 heavy (non-hydrogen) atoms. The maximum Gasteiger partial charge on any atom is 0.417 e. The van der Waals surface area contributed by atoms with Crippen LogP contribution in [0.4, 0.5) is 4.39 Å². The molecule has 2 aromatic heterocycles. The number of nitrogens with zero attached hydrogens (tertiary/aromatic N) is 2. The number of nitrogens with one attached hydrogen (secondary N) is 1. The summed E-state index contributed by atoms with van der Waals surface area (Å²) in [5.41, 5.74) is 4.22. The molecule has 0 atom stereocenters. The quantitative estimate of drug-likeness (QED) is 0.494. The Hall–Kier alpha value is -2.77. The Morgan fingerprint density at radius 3 is 2.96 bits per heavy atom. The van der Waals surface area contributed by atoms with Gasteiger partial charge in [0.25, 0.3) is 0 Å². The average Bonchev–Trinajstić information content (AvgIpc) is 3.08. The number of thiophene rings is 1. The van der Waals surface area contributed by atoms with Crippen LogP contribution < -0.4 is 5.76 Å². The first-order chi connectivity index (χ1) is 13.0. The lowest BCUT2D eigenvalue weighted by molar-refractivity contribution is 0.555. The van der Waals surface area contributed by atoms with E-state index in [1.165, 1.54) is 23.5 Å². The summed E-state index contributed by atoms with van der Waals surface area (Å²) in [7, 11) is 0. The lowest BCUT2D eigenvalue weighted by atomic mass is 9.97. The van der Waals surface area contributed by atoms with E-state index in [2.05, 4.69) is 15.2 Å². The third-order valence-corrected chi connectivity index (χ3v) is 6.14. The van der Waals surface area contributed by atoms with E-state index in [9.17, 15) is 9.18 Å². The number of rotatable bonds is 1. The van der Waals surface area contributed by atoms with Gasteiger partial charge in [0.1, 0.15) is 11.5 Å². The highest BCUT2D eigenvalue weighted by atomic mass is 35.5. The average molecular weight is 400 g/mol. The van der Waals surface area contributed by atoms with Crippen molar-refractivity contribution in [1.29, 1.82) is 0 Å².